The third kappa shape index (κ3) is 5.43. The molecule has 6 heteroatoms. The van der Waals surface area contributed by atoms with E-state index in [0.717, 1.165) is 16.3 Å². The van der Waals surface area contributed by atoms with Crippen LogP contribution in [0.25, 0.3) is 16.8 Å². The molecule has 33 heavy (non-hydrogen) atoms. The summed E-state index contributed by atoms with van der Waals surface area (Å²) in [6.45, 7) is 0.345. The molecule has 0 radical (unpaired) electrons. The van der Waals surface area contributed by atoms with Gasteiger partial charge in [0.1, 0.15) is 18.2 Å². The van der Waals surface area contributed by atoms with Gasteiger partial charge < -0.3 is 10.1 Å². The van der Waals surface area contributed by atoms with E-state index in [9.17, 15) is 10.1 Å². The number of nitriles is 1. The van der Waals surface area contributed by atoms with Gasteiger partial charge in [-0.2, -0.15) is 5.26 Å². The van der Waals surface area contributed by atoms with Crippen LogP contribution in [0, 0.1) is 11.3 Å². The largest absolute Gasteiger partial charge is 0.486 e. The number of para-hydroxylation sites is 1. The minimum absolute atomic E-state index is 0.0359. The van der Waals surface area contributed by atoms with Crippen molar-refractivity contribution in [3.8, 4) is 11.8 Å². The number of rotatable bonds is 6. The van der Waals surface area contributed by atoms with E-state index < -0.39 is 5.91 Å². The van der Waals surface area contributed by atoms with E-state index in [2.05, 4.69) is 39.4 Å². The Morgan fingerprint density at radius 1 is 1.03 bits per heavy atom. The highest BCUT2D eigenvalue weighted by Gasteiger charge is 2.13. The number of benzene rings is 4. The van der Waals surface area contributed by atoms with Gasteiger partial charge in [0.05, 0.1) is 9.50 Å². The van der Waals surface area contributed by atoms with Gasteiger partial charge in [0.15, 0.2) is 5.75 Å². The number of halogens is 2. The molecule has 1 amide bonds. The van der Waals surface area contributed by atoms with Crippen molar-refractivity contribution in [1.82, 2.24) is 0 Å². The first-order chi connectivity index (χ1) is 16.0. The van der Waals surface area contributed by atoms with Gasteiger partial charge in [-0.05, 0) is 68.2 Å². The molecule has 0 bridgehead atoms. The van der Waals surface area contributed by atoms with E-state index in [1.165, 1.54) is 6.08 Å². The molecule has 0 heterocycles. The maximum absolute atomic E-state index is 12.5. The molecule has 0 aliphatic rings. The summed E-state index contributed by atoms with van der Waals surface area (Å²) in [7, 11) is 0. The maximum Gasteiger partial charge on any atom is 0.266 e. The normalized spacial score (nSPS) is 11.1. The first kappa shape index (κ1) is 22.6. The molecule has 4 rings (SSSR count). The van der Waals surface area contributed by atoms with Gasteiger partial charge in [0.2, 0.25) is 0 Å². The highest BCUT2D eigenvalue weighted by Crippen LogP contribution is 2.36. The molecule has 1 N–H and O–H groups in total. The SMILES string of the molecule is N#C/C(=C/c1cc(Cl)c(OCc2cccc3ccccc23)c(Br)c1)C(=O)Nc1ccccc1. The highest BCUT2D eigenvalue weighted by molar-refractivity contribution is 9.10. The van der Waals surface area contributed by atoms with Gasteiger partial charge in [-0.3, -0.25) is 4.79 Å². The minimum atomic E-state index is -0.493. The zero-order valence-corrected chi connectivity index (χ0v) is 19.7. The smallest absolute Gasteiger partial charge is 0.266 e. The highest BCUT2D eigenvalue weighted by atomic mass is 79.9. The summed E-state index contributed by atoms with van der Waals surface area (Å²) in [6, 6.07) is 28.5. The standard InChI is InChI=1S/C27H18BrClN2O2/c28-24-14-18(13-21(16-30)27(32)31-22-10-2-1-3-11-22)15-25(29)26(24)33-17-20-9-6-8-19-7-4-5-12-23(19)20/h1-15H,17H2,(H,31,32)/b21-13-. The Kier molecular flexibility index (Phi) is 7.09. The molecule has 0 unspecified atom stereocenters. The summed E-state index contributed by atoms with van der Waals surface area (Å²) >= 11 is 9.99. The molecule has 0 fully saturated rings. The monoisotopic (exact) mass is 516 g/mol. The first-order valence-corrected chi connectivity index (χ1v) is 11.3. The quantitative estimate of drug-likeness (QED) is 0.214. The van der Waals surface area contributed by atoms with E-state index in [1.54, 1.807) is 36.4 Å². The number of hydrogen-bond donors (Lipinski definition) is 1. The molecular formula is C27H18BrClN2O2. The predicted octanol–water partition coefficient (Wildman–Crippen LogP) is 7.38. The van der Waals surface area contributed by atoms with Crippen LogP contribution in [0.15, 0.2) is 95.0 Å². The van der Waals surface area contributed by atoms with Crippen molar-refractivity contribution in [3.05, 3.63) is 111 Å². The van der Waals surface area contributed by atoms with E-state index >= 15 is 0 Å². The number of amides is 1. The lowest BCUT2D eigenvalue weighted by molar-refractivity contribution is -0.112. The third-order valence-corrected chi connectivity index (χ3v) is 5.85. The zero-order chi connectivity index (χ0) is 23.2. The Hall–Kier alpha value is -3.59. The summed E-state index contributed by atoms with van der Waals surface area (Å²) in [5, 5.41) is 14.8. The average Bonchev–Trinajstić information content (AvgIpc) is 2.82. The molecule has 4 nitrogen and oxygen atoms in total. The molecule has 0 aliphatic heterocycles. The Balaban J connectivity index is 1.54. The number of nitrogens with one attached hydrogen (secondary N) is 1. The Morgan fingerprint density at radius 2 is 1.76 bits per heavy atom. The van der Waals surface area contributed by atoms with Crippen molar-refractivity contribution < 1.29 is 9.53 Å². The van der Waals surface area contributed by atoms with Gasteiger partial charge >= 0.3 is 0 Å². The fourth-order valence-corrected chi connectivity index (χ4v) is 4.39. The molecule has 0 spiro atoms. The zero-order valence-electron chi connectivity index (χ0n) is 17.4. The molecule has 4 aromatic rings. The van der Waals surface area contributed by atoms with Gasteiger partial charge in [-0.1, -0.05) is 72.3 Å². The second-order valence-electron chi connectivity index (χ2n) is 7.23. The number of anilines is 1. The van der Waals surface area contributed by atoms with Crippen LogP contribution in [0.5, 0.6) is 5.75 Å². The molecule has 0 aliphatic carbocycles. The first-order valence-electron chi connectivity index (χ1n) is 10.1. The third-order valence-electron chi connectivity index (χ3n) is 4.98. The molecular weight excluding hydrogens is 500 g/mol. The van der Waals surface area contributed by atoms with Crippen LogP contribution in [0.3, 0.4) is 0 Å². The molecule has 162 valence electrons. The van der Waals surface area contributed by atoms with E-state index in [1.807, 2.05) is 36.4 Å². The number of ether oxygens (including phenoxy) is 1. The molecule has 4 aromatic carbocycles. The predicted molar refractivity (Wildman–Crippen MR) is 136 cm³/mol. The van der Waals surface area contributed by atoms with Gasteiger partial charge in [-0.25, -0.2) is 0 Å². The average molecular weight is 518 g/mol. The lowest BCUT2D eigenvalue weighted by Crippen LogP contribution is -2.13. The number of carbonyl (C=O) groups excluding carboxylic acids is 1. The molecule has 0 aromatic heterocycles. The topological polar surface area (TPSA) is 62.1 Å². The maximum atomic E-state index is 12.5. The van der Waals surface area contributed by atoms with E-state index in [4.69, 9.17) is 16.3 Å². The fourth-order valence-electron chi connectivity index (χ4n) is 3.40. The summed E-state index contributed by atoms with van der Waals surface area (Å²) in [5.41, 5.74) is 2.22. The number of nitrogens with zero attached hydrogens (tertiary/aromatic N) is 1. The summed E-state index contributed by atoms with van der Waals surface area (Å²) in [6.07, 6.45) is 1.49. The van der Waals surface area contributed by atoms with Gasteiger partial charge in [0, 0.05) is 5.69 Å². The lowest BCUT2D eigenvalue weighted by atomic mass is 10.1. The van der Waals surface area contributed by atoms with Crippen LogP contribution in [0.1, 0.15) is 11.1 Å². The Morgan fingerprint density at radius 3 is 2.52 bits per heavy atom. The molecule has 0 atom stereocenters. The number of carbonyl (C=O) groups is 1. The molecule has 0 saturated carbocycles. The van der Waals surface area contributed by atoms with E-state index in [-0.39, 0.29) is 5.57 Å². The summed E-state index contributed by atoms with van der Waals surface area (Å²) in [4.78, 5) is 12.5. The lowest BCUT2D eigenvalue weighted by Gasteiger charge is -2.13. The van der Waals surface area contributed by atoms with Crippen LogP contribution in [0.4, 0.5) is 5.69 Å². The minimum Gasteiger partial charge on any atom is -0.486 e. The van der Waals surface area contributed by atoms with E-state index in [0.29, 0.717) is 33.1 Å². The van der Waals surface area contributed by atoms with Crippen molar-refractivity contribution in [2.75, 3.05) is 5.32 Å². The van der Waals surface area contributed by atoms with Crippen LogP contribution in [-0.2, 0) is 11.4 Å². The van der Waals surface area contributed by atoms with Crippen LogP contribution in [-0.4, -0.2) is 5.91 Å². The van der Waals surface area contributed by atoms with Crippen molar-refractivity contribution >= 4 is 56.0 Å². The van der Waals surface area contributed by atoms with Crippen molar-refractivity contribution in [2.45, 2.75) is 6.61 Å². The fraction of sp³-hybridized carbons (Fsp3) is 0.0370. The van der Waals surface area contributed by atoms with Gasteiger partial charge in [-0.15, -0.1) is 0 Å². The number of fused-ring (bicyclic) bond motifs is 1. The summed E-state index contributed by atoms with van der Waals surface area (Å²) in [5.74, 6) is 0.00113. The van der Waals surface area contributed by atoms with Crippen LogP contribution >= 0.6 is 27.5 Å². The Bertz CT molecular complexity index is 1370. The van der Waals surface area contributed by atoms with Crippen molar-refractivity contribution in [2.24, 2.45) is 0 Å². The van der Waals surface area contributed by atoms with Crippen molar-refractivity contribution in [3.63, 3.8) is 0 Å². The molecule has 0 saturated heterocycles. The van der Waals surface area contributed by atoms with Crippen molar-refractivity contribution in [1.29, 1.82) is 5.26 Å². The second-order valence-corrected chi connectivity index (χ2v) is 8.49. The number of hydrogen-bond acceptors (Lipinski definition) is 3. The second kappa shape index (κ2) is 10.4. The van der Waals surface area contributed by atoms with Crippen LogP contribution < -0.4 is 10.1 Å². The summed E-state index contributed by atoms with van der Waals surface area (Å²) < 4.78 is 6.66. The van der Waals surface area contributed by atoms with Gasteiger partial charge in [0.25, 0.3) is 5.91 Å². The van der Waals surface area contributed by atoms with Crippen LogP contribution in [0.2, 0.25) is 5.02 Å². The Labute approximate surface area is 205 Å².